The summed E-state index contributed by atoms with van der Waals surface area (Å²) in [6.45, 7) is -0.386. The van der Waals surface area contributed by atoms with Gasteiger partial charge in [0.1, 0.15) is 35.8 Å². The largest absolute Gasteiger partial charge is 0.465 e. The molecule has 0 fully saturated rings. The van der Waals surface area contributed by atoms with Gasteiger partial charge in [0.2, 0.25) is 0 Å². The minimum atomic E-state index is -4.85. The van der Waals surface area contributed by atoms with Crippen molar-refractivity contribution in [1.29, 1.82) is 0 Å². The van der Waals surface area contributed by atoms with Crippen LogP contribution in [0.5, 0.6) is 0 Å². The number of pyridine rings is 1. The minimum Gasteiger partial charge on any atom is -0.465 e. The highest BCUT2D eigenvalue weighted by Gasteiger charge is 2.38. The fourth-order valence-corrected chi connectivity index (χ4v) is 4.06. The summed E-state index contributed by atoms with van der Waals surface area (Å²) in [5.74, 6) is -2.40. The number of carbonyl (C=O) groups excluding carboxylic acids is 1. The number of rotatable bonds is 7. The first-order valence-electron chi connectivity index (χ1n) is 9.97. The third-order valence-electron chi connectivity index (χ3n) is 4.97. The van der Waals surface area contributed by atoms with Gasteiger partial charge in [0.15, 0.2) is 5.82 Å². The van der Waals surface area contributed by atoms with Crippen molar-refractivity contribution in [3.8, 4) is 22.9 Å². The zero-order valence-electron chi connectivity index (χ0n) is 19.3. The van der Waals surface area contributed by atoms with E-state index in [2.05, 4.69) is 20.1 Å². The van der Waals surface area contributed by atoms with Crippen molar-refractivity contribution in [2.75, 3.05) is 28.3 Å². The van der Waals surface area contributed by atoms with E-state index in [0.717, 1.165) is 19.3 Å². The maximum absolute atomic E-state index is 13.4. The molecular formula is C19H19F3N8O5S. The zero-order valence-corrected chi connectivity index (χ0v) is 20.1. The molecule has 0 saturated heterocycles. The standard InChI is InChI=1S/C19H19F3N8O5S/c1-27(2)36(32,33)28-8-12(23-9-28)15-14(16-25-18(19(20,21)22)26-30(16)10-34-3)24-13-7-11(17(31)35-4)5-6-29(13)15/h5-9H,10H2,1-4H3. The number of fused-ring (bicyclic) bond motifs is 1. The minimum absolute atomic E-state index is 0.0502. The molecule has 0 atom stereocenters. The van der Waals surface area contributed by atoms with Gasteiger partial charge in [-0.25, -0.2) is 28.4 Å². The molecule has 0 aliphatic rings. The van der Waals surface area contributed by atoms with Crippen molar-refractivity contribution in [3.05, 3.63) is 42.2 Å². The van der Waals surface area contributed by atoms with Crippen LogP contribution in [0, 0.1) is 0 Å². The number of imidazole rings is 2. The van der Waals surface area contributed by atoms with Crippen molar-refractivity contribution in [1.82, 2.24) is 37.4 Å². The molecular weight excluding hydrogens is 509 g/mol. The summed E-state index contributed by atoms with van der Waals surface area (Å²) in [4.78, 5) is 24.2. The van der Waals surface area contributed by atoms with E-state index in [0.29, 0.717) is 0 Å². The Labute approximate surface area is 201 Å². The first-order valence-corrected chi connectivity index (χ1v) is 11.4. The number of halogens is 3. The number of methoxy groups -OCH3 is 2. The van der Waals surface area contributed by atoms with Gasteiger partial charge in [0, 0.05) is 27.4 Å². The van der Waals surface area contributed by atoms with Crippen molar-refractivity contribution >= 4 is 21.8 Å². The normalized spacial score (nSPS) is 12.6. The number of esters is 1. The quantitative estimate of drug-likeness (QED) is 0.327. The Morgan fingerprint density at radius 2 is 1.92 bits per heavy atom. The van der Waals surface area contributed by atoms with Crippen molar-refractivity contribution < 1.29 is 35.9 Å². The molecule has 4 rings (SSSR count). The number of hydrogen-bond acceptors (Lipinski definition) is 9. The van der Waals surface area contributed by atoms with Gasteiger partial charge < -0.3 is 9.47 Å². The average Bonchev–Trinajstić information content (AvgIpc) is 3.54. The lowest BCUT2D eigenvalue weighted by Crippen LogP contribution is -2.27. The highest BCUT2D eigenvalue weighted by atomic mass is 32.2. The van der Waals surface area contributed by atoms with Crippen molar-refractivity contribution in [2.24, 2.45) is 0 Å². The fraction of sp³-hybridized carbons (Fsp3) is 0.316. The van der Waals surface area contributed by atoms with E-state index < -0.39 is 28.2 Å². The van der Waals surface area contributed by atoms with Crippen LogP contribution in [0.1, 0.15) is 16.2 Å². The molecule has 192 valence electrons. The van der Waals surface area contributed by atoms with Crippen LogP contribution in [-0.2, 0) is 32.6 Å². The van der Waals surface area contributed by atoms with Gasteiger partial charge >= 0.3 is 22.4 Å². The first-order chi connectivity index (χ1) is 16.9. The van der Waals surface area contributed by atoms with E-state index in [9.17, 15) is 26.4 Å². The summed E-state index contributed by atoms with van der Waals surface area (Å²) in [7, 11) is 1.18. The highest BCUT2D eigenvalue weighted by molar-refractivity contribution is 7.87. The summed E-state index contributed by atoms with van der Waals surface area (Å²) in [5, 5.41) is 3.48. The predicted molar refractivity (Wildman–Crippen MR) is 117 cm³/mol. The Morgan fingerprint density at radius 3 is 2.53 bits per heavy atom. The topological polar surface area (TPSA) is 139 Å². The lowest BCUT2D eigenvalue weighted by atomic mass is 10.2. The Morgan fingerprint density at radius 1 is 1.19 bits per heavy atom. The molecule has 0 radical (unpaired) electrons. The van der Waals surface area contributed by atoms with Gasteiger partial charge in [-0.15, -0.1) is 5.10 Å². The lowest BCUT2D eigenvalue weighted by Gasteiger charge is -2.10. The third kappa shape index (κ3) is 4.31. The summed E-state index contributed by atoms with van der Waals surface area (Å²) in [6, 6.07) is 2.76. The molecule has 13 nitrogen and oxygen atoms in total. The molecule has 0 N–H and O–H groups in total. The van der Waals surface area contributed by atoms with Gasteiger partial charge in [-0.05, 0) is 12.1 Å². The van der Waals surface area contributed by atoms with Crippen LogP contribution in [0.2, 0.25) is 0 Å². The number of ether oxygens (including phenoxy) is 2. The number of alkyl halides is 3. The van der Waals surface area contributed by atoms with E-state index in [1.165, 1.54) is 57.2 Å². The Bertz CT molecular complexity index is 1550. The Balaban J connectivity index is 2.02. The highest BCUT2D eigenvalue weighted by Crippen LogP contribution is 2.34. The van der Waals surface area contributed by atoms with Crippen LogP contribution in [0.15, 0.2) is 30.9 Å². The van der Waals surface area contributed by atoms with E-state index in [1.54, 1.807) is 0 Å². The molecule has 17 heteroatoms. The Kier molecular flexibility index (Phi) is 6.31. The summed E-state index contributed by atoms with van der Waals surface area (Å²) in [6.07, 6.45) is -1.21. The number of carbonyl (C=O) groups is 1. The second-order valence-electron chi connectivity index (χ2n) is 7.50. The first kappa shape index (κ1) is 25.3. The lowest BCUT2D eigenvalue weighted by molar-refractivity contribution is -0.145. The molecule has 0 spiro atoms. The van der Waals surface area contributed by atoms with E-state index in [-0.39, 0.29) is 40.8 Å². The van der Waals surface area contributed by atoms with Gasteiger partial charge in [0.05, 0.1) is 18.9 Å². The van der Waals surface area contributed by atoms with Crippen LogP contribution >= 0.6 is 0 Å². The maximum atomic E-state index is 13.4. The van der Waals surface area contributed by atoms with Gasteiger partial charge in [-0.2, -0.15) is 25.9 Å². The molecule has 0 bridgehead atoms. The molecule has 4 aromatic heterocycles. The average molecular weight is 528 g/mol. The molecule has 0 aliphatic carbocycles. The second kappa shape index (κ2) is 8.99. The molecule has 0 aliphatic heterocycles. The zero-order chi connectivity index (χ0) is 26.4. The molecule has 0 unspecified atom stereocenters. The monoisotopic (exact) mass is 528 g/mol. The van der Waals surface area contributed by atoms with Crippen LogP contribution < -0.4 is 0 Å². The van der Waals surface area contributed by atoms with Gasteiger partial charge in [0.25, 0.3) is 5.82 Å². The van der Waals surface area contributed by atoms with Crippen molar-refractivity contribution in [3.63, 3.8) is 0 Å². The maximum Gasteiger partial charge on any atom is 0.453 e. The van der Waals surface area contributed by atoms with Crippen LogP contribution in [0.3, 0.4) is 0 Å². The molecule has 0 aromatic carbocycles. The van der Waals surface area contributed by atoms with Crippen LogP contribution in [0.4, 0.5) is 13.2 Å². The molecule has 0 saturated carbocycles. The smallest absolute Gasteiger partial charge is 0.453 e. The van der Waals surface area contributed by atoms with Crippen molar-refractivity contribution in [2.45, 2.75) is 12.9 Å². The van der Waals surface area contributed by atoms with Gasteiger partial charge in [-0.3, -0.25) is 4.40 Å². The molecule has 36 heavy (non-hydrogen) atoms. The fourth-order valence-electron chi connectivity index (χ4n) is 3.28. The Hall–Kier alpha value is -3.83. The SMILES string of the molecule is COCn1nc(C(F)(F)F)nc1-c1nc2cc(C(=O)OC)ccn2c1-c1cn(S(=O)(=O)N(C)C)cn1. The van der Waals surface area contributed by atoms with E-state index >= 15 is 0 Å². The van der Waals surface area contributed by atoms with Crippen LogP contribution in [-0.4, -0.2) is 80.1 Å². The second-order valence-corrected chi connectivity index (χ2v) is 9.54. The number of nitrogens with zero attached hydrogens (tertiary/aromatic N) is 8. The number of hydrogen-bond donors (Lipinski definition) is 0. The molecule has 4 heterocycles. The summed E-state index contributed by atoms with van der Waals surface area (Å²) >= 11 is 0. The molecule has 0 amide bonds. The predicted octanol–water partition coefficient (Wildman–Crippen LogP) is 1.52. The molecule has 4 aromatic rings. The van der Waals surface area contributed by atoms with Crippen LogP contribution in [0.25, 0.3) is 28.6 Å². The van der Waals surface area contributed by atoms with E-state index in [4.69, 9.17) is 9.47 Å². The van der Waals surface area contributed by atoms with Gasteiger partial charge in [-0.1, -0.05) is 0 Å². The third-order valence-corrected chi connectivity index (χ3v) is 6.62. The number of aromatic nitrogens is 7. The summed E-state index contributed by atoms with van der Waals surface area (Å²) in [5.41, 5.74) is 0.308. The van der Waals surface area contributed by atoms with E-state index in [1.807, 2.05) is 0 Å². The summed E-state index contributed by atoms with van der Waals surface area (Å²) < 4.78 is 79.1.